The number of nitrogens with zero attached hydrogens (tertiary/aromatic N) is 2. The van der Waals surface area contributed by atoms with Gasteiger partial charge in [-0.15, -0.1) is 11.7 Å². The molecule has 100 valence electrons. The number of amides is 1. The number of hydrogen-bond acceptors (Lipinski definition) is 3. The molecule has 1 aromatic heterocycles. The molecule has 0 saturated heterocycles. The largest absolute Gasteiger partial charge is 0.476 e. The number of fused-ring (bicyclic) bond motifs is 1. The van der Waals surface area contributed by atoms with Gasteiger partial charge in [0.1, 0.15) is 0 Å². The zero-order chi connectivity index (χ0) is 13.7. The quantitative estimate of drug-likeness (QED) is 0.802. The molecule has 0 aliphatic rings. The lowest BCUT2D eigenvalue weighted by Gasteiger charge is -2.03. The van der Waals surface area contributed by atoms with Crippen molar-refractivity contribution in [2.24, 2.45) is 7.05 Å². The van der Waals surface area contributed by atoms with Crippen LogP contribution in [0.1, 0.15) is 6.42 Å². The maximum atomic E-state index is 11.4. The van der Waals surface area contributed by atoms with E-state index in [-0.39, 0.29) is 5.91 Å². The van der Waals surface area contributed by atoms with Gasteiger partial charge < -0.3 is 10.1 Å². The Morgan fingerprint density at radius 1 is 1.53 bits per heavy atom. The first-order chi connectivity index (χ1) is 9.22. The summed E-state index contributed by atoms with van der Waals surface area (Å²) < 4.78 is 7.34. The van der Waals surface area contributed by atoms with E-state index in [1.807, 2.05) is 31.3 Å². The normalized spacial score (nSPS) is 10.4. The van der Waals surface area contributed by atoms with E-state index in [0.29, 0.717) is 25.5 Å². The van der Waals surface area contributed by atoms with Crippen molar-refractivity contribution in [2.45, 2.75) is 6.42 Å². The maximum Gasteiger partial charge on any atom is 0.240 e. The average molecular weight is 259 g/mol. The fourth-order valence-corrected chi connectivity index (χ4v) is 1.80. The van der Waals surface area contributed by atoms with Gasteiger partial charge in [0.25, 0.3) is 0 Å². The number of ether oxygens (including phenoxy) is 1. The number of rotatable bonds is 6. The molecule has 2 aromatic rings. The molecular weight excluding hydrogens is 242 g/mol. The minimum atomic E-state index is -0.0554. The molecule has 0 aliphatic carbocycles. The Hall–Kier alpha value is -2.30. The molecule has 1 amide bonds. The van der Waals surface area contributed by atoms with E-state index < -0.39 is 0 Å². The van der Waals surface area contributed by atoms with Crippen LogP contribution in [-0.4, -0.2) is 28.8 Å². The van der Waals surface area contributed by atoms with Gasteiger partial charge >= 0.3 is 0 Å². The van der Waals surface area contributed by atoms with Gasteiger partial charge in [-0.1, -0.05) is 18.2 Å². The molecule has 0 aliphatic heterocycles. The highest BCUT2D eigenvalue weighted by atomic mass is 16.5. The van der Waals surface area contributed by atoms with E-state index in [2.05, 4.69) is 17.0 Å². The Bertz CT molecular complexity index is 589. The summed E-state index contributed by atoms with van der Waals surface area (Å²) in [5.74, 6) is 0.509. The van der Waals surface area contributed by atoms with Crippen LogP contribution in [0.4, 0.5) is 0 Å². The molecule has 0 fully saturated rings. The second-order valence-corrected chi connectivity index (χ2v) is 4.14. The van der Waals surface area contributed by atoms with Gasteiger partial charge in [-0.25, -0.2) is 0 Å². The Morgan fingerprint density at radius 3 is 3.11 bits per heavy atom. The number of carbonyl (C=O) groups is 1. The first-order valence-corrected chi connectivity index (χ1v) is 6.14. The van der Waals surface area contributed by atoms with Gasteiger partial charge in [-0.05, 0) is 12.1 Å². The summed E-state index contributed by atoms with van der Waals surface area (Å²) in [4.78, 5) is 11.4. The molecule has 0 radical (unpaired) electrons. The first-order valence-electron chi connectivity index (χ1n) is 6.14. The van der Waals surface area contributed by atoms with Crippen molar-refractivity contribution >= 4 is 16.8 Å². The van der Waals surface area contributed by atoms with Crippen LogP contribution in [-0.2, 0) is 11.8 Å². The molecule has 0 bridgehead atoms. The van der Waals surface area contributed by atoms with E-state index >= 15 is 0 Å². The lowest BCUT2D eigenvalue weighted by molar-refractivity contribution is -0.121. The van der Waals surface area contributed by atoms with Crippen LogP contribution in [0.5, 0.6) is 5.88 Å². The summed E-state index contributed by atoms with van der Waals surface area (Å²) in [6.07, 6.45) is 1.95. The molecule has 0 saturated carbocycles. The summed E-state index contributed by atoms with van der Waals surface area (Å²) in [7, 11) is 1.87. The van der Waals surface area contributed by atoms with Gasteiger partial charge in [-0.2, -0.15) is 0 Å². The van der Waals surface area contributed by atoms with E-state index in [0.717, 1.165) is 10.9 Å². The van der Waals surface area contributed by atoms with Crippen molar-refractivity contribution in [1.29, 1.82) is 0 Å². The van der Waals surface area contributed by atoms with Crippen molar-refractivity contribution in [1.82, 2.24) is 15.1 Å². The van der Waals surface area contributed by atoms with Gasteiger partial charge in [-0.3, -0.25) is 9.48 Å². The van der Waals surface area contributed by atoms with Crippen molar-refractivity contribution in [3.63, 3.8) is 0 Å². The number of benzene rings is 1. The fourth-order valence-electron chi connectivity index (χ4n) is 1.80. The van der Waals surface area contributed by atoms with Crippen LogP contribution in [0.2, 0.25) is 0 Å². The van der Waals surface area contributed by atoms with Crippen LogP contribution < -0.4 is 10.1 Å². The Kier molecular flexibility index (Phi) is 4.18. The summed E-state index contributed by atoms with van der Waals surface area (Å²) in [6.45, 7) is 4.33. The number of para-hydroxylation sites is 1. The molecule has 19 heavy (non-hydrogen) atoms. The standard InChI is InChI=1S/C14H17N3O2/c1-3-9-15-13(18)8-10-19-14-11-6-4-5-7-12(11)17(2)16-14/h3-7H,1,8-10H2,2H3,(H,15,18). The maximum absolute atomic E-state index is 11.4. The third-order valence-corrected chi connectivity index (χ3v) is 2.74. The molecule has 0 atom stereocenters. The summed E-state index contributed by atoms with van der Waals surface area (Å²) in [6, 6.07) is 7.83. The zero-order valence-corrected chi connectivity index (χ0v) is 10.9. The van der Waals surface area contributed by atoms with Gasteiger partial charge in [0.2, 0.25) is 11.8 Å². The van der Waals surface area contributed by atoms with Crippen molar-refractivity contribution in [3.05, 3.63) is 36.9 Å². The molecule has 1 heterocycles. The van der Waals surface area contributed by atoms with Crippen LogP contribution >= 0.6 is 0 Å². The van der Waals surface area contributed by atoms with E-state index in [1.54, 1.807) is 10.8 Å². The molecule has 5 heteroatoms. The van der Waals surface area contributed by atoms with Crippen molar-refractivity contribution in [3.8, 4) is 5.88 Å². The summed E-state index contributed by atoms with van der Waals surface area (Å²) >= 11 is 0. The molecule has 0 unspecified atom stereocenters. The van der Waals surface area contributed by atoms with E-state index in [4.69, 9.17) is 4.74 Å². The minimum absolute atomic E-state index is 0.0554. The molecular formula is C14H17N3O2. The Balaban J connectivity index is 1.95. The monoisotopic (exact) mass is 259 g/mol. The fraction of sp³-hybridized carbons (Fsp3) is 0.286. The van der Waals surface area contributed by atoms with Crippen LogP contribution in [0.3, 0.4) is 0 Å². The highest BCUT2D eigenvalue weighted by Gasteiger charge is 2.09. The third kappa shape index (κ3) is 3.13. The molecule has 2 rings (SSSR count). The van der Waals surface area contributed by atoms with Gasteiger partial charge in [0, 0.05) is 13.6 Å². The van der Waals surface area contributed by atoms with Gasteiger partial charge in [0.15, 0.2) is 0 Å². The summed E-state index contributed by atoms with van der Waals surface area (Å²) in [5, 5.41) is 7.95. The second kappa shape index (κ2) is 6.04. The molecule has 1 N–H and O–H groups in total. The minimum Gasteiger partial charge on any atom is -0.476 e. The highest BCUT2D eigenvalue weighted by molar-refractivity contribution is 5.84. The number of carbonyl (C=O) groups excluding carboxylic acids is 1. The average Bonchev–Trinajstić information content (AvgIpc) is 2.74. The number of hydrogen-bond donors (Lipinski definition) is 1. The molecule has 1 aromatic carbocycles. The highest BCUT2D eigenvalue weighted by Crippen LogP contribution is 2.23. The van der Waals surface area contributed by atoms with Gasteiger partial charge in [0.05, 0.1) is 23.9 Å². The first kappa shape index (κ1) is 13.1. The smallest absolute Gasteiger partial charge is 0.240 e. The predicted molar refractivity (Wildman–Crippen MR) is 74.0 cm³/mol. The number of nitrogens with one attached hydrogen (secondary N) is 1. The lowest BCUT2D eigenvalue weighted by atomic mass is 10.2. The third-order valence-electron chi connectivity index (χ3n) is 2.74. The van der Waals surface area contributed by atoms with E-state index in [9.17, 15) is 4.79 Å². The lowest BCUT2D eigenvalue weighted by Crippen LogP contribution is -2.24. The Labute approximate surface area is 111 Å². The molecule has 0 spiro atoms. The van der Waals surface area contributed by atoms with Crippen molar-refractivity contribution in [2.75, 3.05) is 13.2 Å². The second-order valence-electron chi connectivity index (χ2n) is 4.14. The summed E-state index contributed by atoms with van der Waals surface area (Å²) in [5.41, 5.74) is 1.01. The van der Waals surface area contributed by atoms with Crippen LogP contribution in [0.25, 0.3) is 10.9 Å². The van der Waals surface area contributed by atoms with Crippen molar-refractivity contribution < 1.29 is 9.53 Å². The van der Waals surface area contributed by atoms with Crippen LogP contribution in [0.15, 0.2) is 36.9 Å². The number of aromatic nitrogens is 2. The topological polar surface area (TPSA) is 56.1 Å². The predicted octanol–water partition coefficient (Wildman–Crippen LogP) is 1.64. The zero-order valence-electron chi connectivity index (χ0n) is 10.9. The molecule has 5 nitrogen and oxygen atoms in total. The SMILES string of the molecule is C=CCNC(=O)CCOc1nn(C)c2ccccc12. The number of aryl methyl sites for hydroxylation is 1. The van der Waals surface area contributed by atoms with E-state index in [1.165, 1.54) is 0 Å². The van der Waals surface area contributed by atoms with Crippen LogP contribution in [0, 0.1) is 0 Å². The Morgan fingerprint density at radius 2 is 2.32 bits per heavy atom.